The molecular weight excluding hydrogens is 490 g/mol. The van der Waals surface area contributed by atoms with Crippen molar-refractivity contribution in [3.05, 3.63) is 95.1 Å². The van der Waals surface area contributed by atoms with E-state index in [1.165, 1.54) is 4.90 Å². The summed E-state index contributed by atoms with van der Waals surface area (Å²) in [7, 11) is 1.55. The van der Waals surface area contributed by atoms with Crippen LogP contribution in [0, 0.1) is 0 Å². The summed E-state index contributed by atoms with van der Waals surface area (Å²) in [4.78, 5) is 46.1. The Kier molecular flexibility index (Phi) is 6.97. The molecule has 1 unspecified atom stereocenters. The first-order chi connectivity index (χ1) is 17.9. The molecule has 0 aliphatic carbocycles. The summed E-state index contributed by atoms with van der Waals surface area (Å²) in [6.45, 7) is 0.300. The number of hydrogen-bond donors (Lipinski definition) is 1. The Bertz CT molecular complexity index is 1450. The van der Waals surface area contributed by atoms with Crippen LogP contribution in [-0.2, 0) is 27.2 Å². The Hall–Kier alpha value is -4.10. The Labute approximate surface area is 219 Å². The van der Waals surface area contributed by atoms with Crippen LogP contribution in [0.5, 0.6) is 5.75 Å². The Morgan fingerprint density at radius 3 is 2.51 bits per heavy atom. The minimum Gasteiger partial charge on any atom is -0.497 e. The summed E-state index contributed by atoms with van der Waals surface area (Å²) in [6, 6.07) is 20.9. The van der Waals surface area contributed by atoms with Crippen molar-refractivity contribution in [1.29, 1.82) is 0 Å². The number of aromatic amines is 1. The van der Waals surface area contributed by atoms with Gasteiger partial charge in [-0.3, -0.25) is 14.4 Å². The number of benzene rings is 3. The molecule has 7 nitrogen and oxygen atoms in total. The number of nitrogens with zero attached hydrogens (tertiary/aromatic N) is 2. The molecule has 37 heavy (non-hydrogen) atoms. The maximum Gasteiger partial charge on any atom is 0.257 e. The molecule has 0 bridgehead atoms. The number of rotatable bonds is 8. The van der Waals surface area contributed by atoms with Crippen LogP contribution in [0.2, 0.25) is 5.02 Å². The largest absolute Gasteiger partial charge is 0.497 e. The number of hydrogen-bond acceptors (Lipinski definition) is 4. The smallest absolute Gasteiger partial charge is 0.257 e. The summed E-state index contributed by atoms with van der Waals surface area (Å²) in [5, 5.41) is 1.65. The van der Waals surface area contributed by atoms with Crippen molar-refractivity contribution in [2.24, 2.45) is 0 Å². The first-order valence-electron chi connectivity index (χ1n) is 12.0. The number of aromatic nitrogens is 1. The number of para-hydroxylation sites is 1. The highest BCUT2D eigenvalue weighted by Crippen LogP contribution is 2.28. The predicted molar refractivity (Wildman–Crippen MR) is 143 cm³/mol. The van der Waals surface area contributed by atoms with Crippen LogP contribution in [0.3, 0.4) is 0 Å². The van der Waals surface area contributed by atoms with Gasteiger partial charge in [0.05, 0.1) is 25.6 Å². The third-order valence-corrected chi connectivity index (χ3v) is 6.97. The van der Waals surface area contributed by atoms with Gasteiger partial charge in [-0.05, 0) is 60.0 Å². The van der Waals surface area contributed by atoms with Crippen molar-refractivity contribution in [2.75, 3.05) is 18.6 Å². The van der Waals surface area contributed by atoms with Crippen molar-refractivity contribution < 1.29 is 19.1 Å². The van der Waals surface area contributed by atoms with Gasteiger partial charge in [-0.25, -0.2) is 4.90 Å². The van der Waals surface area contributed by atoms with Crippen molar-refractivity contribution in [3.8, 4) is 5.75 Å². The summed E-state index contributed by atoms with van der Waals surface area (Å²) in [5.41, 5.74) is 3.30. The molecule has 4 aromatic rings. The van der Waals surface area contributed by atoms with E-state index >= 15 is 0 Å². The van der Waals surface area contributed by atoms with E-state index in [1.54, 1.807) is 60.5 Å². The first-order valence-corrected chi connectivity index (χ1v) is 12.4. The maximum atomic E-state index is 13.6. The van der Waals surface area contributed by atoms with Crippen LogP contribution in [-0.4, -0.2) is 47.3 Å². The fourth-order valence-corrected chi connectivity index (χ4v) is 4.90. The van der Waals surface area contributed by atoms with Gasteiger partial charge in [-0.15, -0.1) is 0 Å². The number of amides is 3. The van der Waals surface area contributed by atoms with E-state index in [9.17, 15) is 14.4 Å². The molecule has 0 radical (unpaired) electrons. The molecule has 1 atom stereocenters. The van der Waals surface area contributed by atoms with E-state index in [4.69, 9.17) is 16.3 Å². The minimum atomic E-state index is -0.875. The third-order valence-electron chi connectivity index (χ3n) is 6.72. The van der Waals surface area contributed by atoms with E-state index in [0.717, 1.165) is 22.0 Å². The molecule has 188 valence electrons. The maximum absolute atomic E-state index is 13.6. The molecule has 1 saturated heterocycles. The van der Waals surface area contributed by atoms with Crippen molar-refractivity contribution >= 4 is 45.9 Å². The SMILES string of the molecule is COc1ccc(N2C(=O)CC(N(CCc3c[nH]c4ccccc34)C(=O)Cc3ccc(Cl)cc3)C2=O)cc1. The Balaban J connectivity index is 1.41. The van der Waals surface area contributed by atoms with Gasteiger partial charge in [-0.2, -0.15) is 0 Å². The van der Waals surface area contributed by atoms with E-state index in [1.807, 2.05) is 30.5 Å². The topological polar surface area (TPSA) is 82.7 Å². The summed E-state index contributed by atoms with van der Waals surface area (Å²) in [6.07, 6.45) is 2.51. The lowest BCUT2D eigenvalue weighted by Gasteiger charge is -2.28. The number of fused-ring (bicyclic) bond motifs is 1. The van der Waals surface area contributed by atoms with Crippen LogP contribution in [0.1, 0.15) is 17.5 Å². The Morgan fingerprint density at radius 1 is 1.05 bits per heavy atom. The second-order valence-corrected chi connectivity index (χ2v) is 9.42. The summed E-state index contributed by atoms with van der Waals surface area (Å²) >= 11 is 6.00. The molecule has 1 fully saturated rings. The van der Waals surface area contributed by atoms with Crippen LogP contribution in [0.25, 0.3) is 10.9 Å². The zero-order valence-electron chi connectivity index (χ0n) is 20.3. The zero-order valence-corrected chi connectivity index (χ0v) is 21.1. The number of carbonyl (C=O) groups is 3. The zero-order chi connectivity index (χ0) is 25.9. The number of anilines is 1. The summed E-state index contributed by atoms with van der Waals surface area (Å²) in [5.74, 6) is -0.335. The fraction of sp³-hybridized carbons (Fsp3) is 0.207. The number of nitrogens with one attached hydrogen (secondary N) is 1. The van der Waals surface area contributed by atoms with Crippen LogP contribution < -0.4 is 9.64 Å². The highest BCUT2D eigenvalue weighted by molar-refractivity contribution is 6.30. The number of H-pyrrole nitrogens is 1. The second-order valence-electron chi connectivity index (χ2n) is 8.99. The number of methoxy groups -OCH3 is 1. The highest BCUT2D eigenvalue weighted by Gasteiger charge is 2.44. The standard InChI is InChI=1S/C29H26ClN3O4/c1-37-23-12-10-22(11-13-23)33-28(35)17-26(29(33)36)32(27(34)16-19-6-8-21(30)9-7-19)15-14-20-18-31-25-5-3-2-4-24(20)25/h2-13,18,26,31H,14-17H2,1H3. The molecule has 0 saturated carbocycles. The molecular formula is C29H26ClN3O4. The molecule has 3 amide bonds. The Morgan fingerprint density at radius 2 is 1.78 bits per heavy atom. The lowest BCUT2D eigenvalue weighted by molar-refractivity contribution is -0.137. The van der Waals surface area contributed by atoms with Gasteiger partial charge in [0.2, 0.25) is 11.8 Å². The number of ether oxygens (including phenoxy) is 1. The molecule has 5 rings (SSSR count). The average molecular weight is 516 g/mol. The van der Waals surface area contributed by atoms with E-state index in [-0.39, 0.29) is 24.7 Å². The number of imide groups is 1. The van der Waals surface area contributed by atoms with Gasteiger partial charge in [0.1, 0.15) is 11.8 Å². The molecule has 2 heterocycles. The lowest BCUT2D eigenvalue weighted by Crippen LogP contribution is -2.47. The number of carbonyl (C=O) groups excluding carboxylic acids is 3. The van der Waals surface area contributed by atoms with Crippen molar-refractivity contribution in [3.63, 3.8) is 0 Å². The van der Waals surface area contributed by atoms with Crippen molar-refractivity contribution in [1.82, 2.24) is 9.88 Å². The average Bonchev–Trinajstić information content (AvgIpc) is 3.45. The molecule has 8 heteroatoms. The monoisotopic (exact) mass is 515 g/mol. The molecule has 0 spiro atoms. The molecule has 1 N–H and O–H groups in total. The van der Waals surface area contributed by atoms with Gasteiger partial charge in [0.15, 0.2) is 0 Å². The van der Waals surface area contributed by atoms with E-state index in [0.29, 0.717) is 29.4 Å². The van der Waals surface area contributed by atoms with E-state index < -0.39 is 11.9 Å². The van der Waals surface area contributed by atoms with E-state index in [2.05, 4.69) is 4.98 Å². The minimum absolute atomic E-state index is 0.0644. The van der Waals surface area contributed by atoms with Gasteiger partial charge >= 0.3 is 0 Å². The molecule has 1 aliphatic rings. The van der Waals surface area contributed by atoms with Crippen LogP contribution >= 0.6 is 11.6 Å². The molecule has 1 aliphatic heterocycles. The number of halogens is 1. The first kappa shape index (κ1) is 24.6. The van der Waals surface area contributed by atoms with Gasteiger partial charge in [0.25, 0.3) is 5.91 Å². The summed E-state index contributed by atoms with van der Waals surface area (Å²) < 4.78 is 5.19. The normalized spacial score (nSPS) is 15.4. The van der Waals surface area contributed by atoms with Crippen LogP contribution in [0.4, 0.5) is 5.69 Å². The van der Waals surface area contributed by atoms with Gasteiger partial charge in [0, 0.05) is 28.7 Å². The second kappa shape index (κ2) is 10.5. The predicted octanol–water partition coefficient (Wildman–Crippen LogP) is 4.78. The van der Waals surface area contributed by atoms with Crippen molar-refractivity contribution in [2.45, 2.75) is 25.3 Å². The highest BCUT2D eigenvalue weighted by atomic mass is 35.5. The lowest BCUT2D eigenvalue weighted by atomic mass is 10.1. The third kappa shape index (κ3) is 5.08. The van der Waals surface area contributed by atoms with Gasteiger partial charge < -0.3 is 14.6 Å². The molecule has 1 aromatic heterocycles. The molecule has 3 aromatic carbocycles. The van der Waals surface area contributed by atoms with Gasteiger partial charge in [-0.1, -0.05) is 41.9 Å². The fourth-order valence-electron chi connectivity index (χ4n) is 4.77. The van der Waals surface area contributed by atoms with Crippen LogP contribution in [0.15, 0.2) is 79.0 Å². The quantitative estimate of drug-likeness (QED) is 0.342.